The van der Waals surface area contributed by atoms with Crippen molar-refractivity contribution in [3.05, 3.63) is 18.2 Å². The van der Waals surface area contributed by atoms with E-state index in [0.717, 1.165) is 32.1 Å². The average molecular weight is 452 g/mol. The Labute approximate surface area is 173 Å². The third kappa shape index (κ3) is 3.61. The fraction of sp³-hybridized carbons (Fsp3) is 0.619. The van der Waals surface area contributed by atoms with Crippen LogP contribution in [0.1, 0.15) is 38.5 Å². The summed E-state index contributed by atoms with van der Waals surface area (Å²) in [5.41, 5.74) is 0.0544. The third-order valence-electron chi connectivity index (χ3n) is 6.44. The summed E-state index contributed by atoms with van der Waals surface area (Å²) in [5.74, 6) is 1.68. The second kappa shape index (κ2) is 7.25. The van der Waals surface area contributed by atoms with Crippen LogP contribution in [0, 0.1) is 17.3 Å². The Kier molecular flexibility index (Phi) is 5.06. The molecule has 4 fully saturated rings. The lowest BCUT2D eigenvalue weighted by molar-refractivity contribution is -0.170. The van der Waals surface area contributed by atoms with Crippen LogP contribution in [0.5, 0.6) is 11.5 Å². The molecule has 0 aromatic heterocycles. The topological polar surface area (TPSA) is 73.9 Å². The molecule has 1 aromatic carbocycles. The Morgan fingerprint density at radius 2 is 1.86 bits per heavy atom. The van der Waals surface area contributed by atoms with Crippen LogP contribution in [0.4, 0.5) is 5.69 Å². The number of amides is 1. The monoisotopic (exact) mass is 451 g/mol. The van der Waals surface area contributed by atoms with Gasteiger partial charge in [0.1, 0.15) is 11.5 Å². The van der Waals surface area contributed by atoms with Crippen LogP contribution in [0.25, 0.3) is 0 Å². The van der Waals surface area contributed by atoms with Gasteiger partial charge in [0.15, 0.2) is 6.61 Å². The minimum atomic E-state index is -0.429. The van der Waals surface area contributed by atoms with E-state index in [1.165, 1.54) is 13.5 Å². The van der Waals surface area contributed by atoms with Crippen molar-refractivity contribution in [1.82, 2.24) is 0 Å². The molecule has 0 aliphatic heterocycles. The number of halogens is 1. The molecule has 0 saturated heterocycles. The van der Waals surface area contributed by atoms with Crippen LogP contribution in [0.15, 0.2) is 18.2 Å². The SMILES string of the molecule is COc1ccc(OC)c(NC(=O)COC(=O)C23C[C@H]4C[C@@H](CC(Br)(C4)C2)C3)c1. The highest BCUT2D eigenvalue weighted by Gasteiger charge is 2.60. The number of alkyl halides is 1. The maximum absolute atomic E-state index is 13.0. The Morgan fingerprint density at radius 1 is 1.14 bits per heavy atom. The second-order valence-corrected chi connectivity index (χ2v) is 10.3. The largest absolute Gasteiger partial charge is 0.497 e. The van der Waals surface area contributed by atoms with Crippen molar-refractivity contribution >= 4 is 33.5 Å². The van der Waals surface area contributed by atoms with Gasteiger partial charge in [0.2, 0.25) is 0 Å². The lowest BCUT2D eigenvalue weighted by atomic mass is 9.49. The van der Waals surface area contributed by atoms with Crippen LogP contribution in [0.3, 0.4) is 0 Å². The number of carbonyl (C=O) groups excluding carboxylic acids is 2. The first kappa shape index (κ1) is 19.6. The highest BCUT2D eigenvalue weighted by atomic mass is 79.9. The zero-order valence-electron chi connectivity index (χ0n) is 16.3. The van der Waals surface area contributed by atoms with E-state index in [1.54, 1.807) is 25.3 Å². The number of methoxy groups -OCH3 is 2. The fourth-order valence-corrected chi connectivity index (χ4v) is 7.22. The van der Waals surface area contributed by atoms with E-state index < -0.39 is 11.3 Å². The van der Waals surface area contributed by atoms with E-state index in [4.69, 9.17) is 14.2 Å². The van der Waals surface area contributed by atoms with Crippen molar-refractivity contribution in [3.8, 4) is 11.5 Å². The highest BCUT2D eigenvalue weighted by Crippen LogP contribution is 2.64. The minimum Gasteiger partial charge on any atom is -0.497 e. The Hall–Kier alpha value is -1.76. The molecule has 2 atom stereocenters. The van der Waals surface area contributed by atoms with Gasteiger partial charge < -0.3 is 19.5 Å². The van der Waals surface area contributed by atoms with Crippen LogP contribution >= 0.6 is 15.9 Å². The van der Waals surface area contributed by atoms with Crippen molar-refractivity contribution < 1.29 is 23.8 Å². The second-order valence-electron chi connectivity index (χ2n) is 8.58. The van der Waals surface area contributed by atoms with E-state index in [1.807, 2.05) is 0 Å². The van der Waals surface area contributed by atoms with Gasteiger partial charge in [0.05, 0.1) is 25.3 Å². The molecule has 0 spiro atoms. The molecule has 6 nitrogen and oxygen atoms in total. The van der Waals surface area contributed by atoms with Gasteiger partial charge in [-0.25, -0.2) is 0 Å². The van der Waals surface area contributed by atoms with Gasteiger partial charge in [-0.15, -0.1) is 0 Å². The van der Waals surface area contributed by atoms with Gasteiger partial charge in [0, 0.05) is 10.4 Å². The summed E-state index contributed by atoms with van der Waals surface area (Å²) in [6, 6.07) is 5.13. The molecule has 5 rings (SSSR count). The lowest BCUT2D eigenvalue weighted by Gasteiger charge is -2.58. The van der Waals surface area contributed by atoms with Crippen LogP contribution < -0.4 is 14.8 Å². The van der Waals surface area contributed by atoms with Crippen LogP contribution in [0.2, 0.25) is 0 Å². The first-order chi connectivity index (χ1) is 13.3. The summed E-state index contributed by atoms with van der Waals surface area (Å²) >= 11 is 3.90. The number of ether oxygens (including phenoxy) is 3. The van der Waals surface area contributed by atoms with Gasteiger partial charge in [0.25, 0.3) is 5.91 Å². The Balaban J connectivity index is 1.38. The zero-order chi connectivity index (χ0) is 19.9. The van der Waals surface area contributed by atoms with Gasteiger partial charge >= 0.3 is 5.97 Å². The number of nitrogens with one attached hydrogen (secondary N) is 1. The van der Waals surface area contributed by atoms with E-state index in [-0.39, 0.29) is 16.9 Å². The first-order valence-corrected chi connectivity index (χ1v) is 10.5. The van der Waals surface area contributed by atoms with Gasteiger partial charge in [-0.1, -0.05) is 15.9 Å². The number of esters is 1. The minimum absolute atomic E-state index is 0.0757. The van der Waals surface area contributed by atoms with E-state index in [0.29, 0.717) is 29.0 Å². The molecule has 1 N–H and O–H groups in total. The normalized spacial score (nSPS) is 32.7. The summed E-state index contributed by atoms with van der Waals surface area (Å²) in [4.78, 5) is 25.3. The number of benzene rings is 1. The number of carbonyl (C=O) groups is 2. The van der Waals surface area contributed by atoms with Crippen molar-refractivity contribution in [3.63, 3.8) is 0 Å². The molecule has 28 heavy (non-hydrogen) atoms. The quantitative estimate of drug-likeness (QED) is 0.523. The molecule has 1 amide bonds. The van der Waals surface area contributed by atoms with Crippen molar-refractivity contribution in [2.75, 3.05) is 26.1 Å². The summed E-state index contributed by atoms with van der Waals surface area (Å²) in [7, 11) is 3.08. The maximum atomic E-state index is 13.0. The van der Waals surface area contributed by atoms with E-state index >= 15 is 0 Å². The predicted molar refractivity (Wildman–Crippen MR) is 108 cm³/mol. The Bertz CT molecular complexity index is 781. The highest BCUT2D eigenvalue weighted by molar-refractivity contribution is 9.10. The molecule has 0 radical (unpaired) electrons. The fourth-order valence-electron chi connectivity index (χ4n) is 5.77. The maximum Gasteiger partial charge on any atom is 0.312 e. The van der Waals surface area contributed by atoms with E-state index in [9.17, 15) is 9.59 Å². The molecular formula is C21H26BrNO5. The molecule has 7 heteroatoms. The smallest absolute Gasteiger partial charge is 0.312 e. The standard InChI is InChI=1S/C21H26BrNO5/c1-26-15-3-4-17(27-2)16(6-15)23-18(24)11-28-19(25)20-7-13-5-14(8-20)10-21(22,9-13)12-20/h3-4,6,13-14H,5,7-12H2,1-2H3,(H,23,24)/t13-,14-,20?,21?/m1/s1. The molecular weight excluding hydrogens is 426 g/mol. The number of rotatable bonds is 6. The van der Waals surface area contributed by atoms with Gasteiger partial charge in [-0.3, -0.25) is 9.59 Å². The molecule has 4 saturated carbocycles. The zero-order valence-corrected chi connectivity index (χ0v) is 17.8. The molecule has 152 valence electrons. The number of hydrogen-bond donors (Lipinski definition) is 1. The summed E-state index contributed by atoms with van der Waals surface area (Å²) in [6.07, 6.45) is 6.11. The molecule has 4 bridgehead atoms. The molecule has 4 aliphatic rings. The van der Waals surface area contributed by atoms with Crippen molar-refractivity contribution in [1.29, 1.82) is 0 Å². The van der Waals surface area contributed by atoms with Crippen molar-refractivity contribution in [2.45, 2.75) is 42.8 Å². The number of anilines is 1. The van der Waals surface area contributed by atoms with E-state index in [2.05, 4.69) is 21.2 Å². The lowest BCUT2D eigenvalue weighted by Crippen LogP contribution is -2.56. The first-order valence-electron chi connectivity index (χ1n) is 9.73. The number of hydrogen-bond acceptors (Lipinski definition) is 5. The van der Waals surface area contributed by atoms with Gasteiger partial charge in [-0.05, 0) is 62.5 Å². The predicted octanol–water partition coefficient (Wildman–Crippen LogP) is 3.92. The third-order valence-corrected chi connectivity index (χ3v) is 7.37. The summed E-state index contributed by atoms with van der Waals surface area (Å²) in [6.45, 7) is -0.300. The van der Waals surface area contributed by atoms with Crippen molar-refractivity contribution in [2.24, 2.45) is 17.3 Å². The average Bonchev–Trinajstić information content (AvgIpc) is 2.64. The molecule has 1 aromatic rings. The summed E-state index contributed by atoms with van der Waals surface area (Å²) in [5, 5.41) is 2.74. The van der Waals surface area contributed by atoms with Crippen LogP contribution in [-0.2, 0) is 14.3 Å². The van der Waals surface area contributed by atoms with Crippen LogP contribution in [-0.4, -0.2) is 37.0 Å². The summed E-state index contributed by atoms with van der Waals surface area (Å²) < 4.78 is 16.0. The molecule has 0 heterocycles. The molecule has 0 unspecified atom stereocenters. The molecule has 4 aliphatic carbocycles. The Morgan fingerprint density at radius 3 is 2.46 bits per heavy atom. The van der Waals surface area contributed by atoms with Gasteiger partial charge in [-0.2, -0.15) is 0 Å².